The summed E-state index contributed by atoms with van der Waals surface area (Å²) in [7, 11) is 0. The number of benzene rings is 3. The van der Waals surface area contributed by atoms with Crippen LogP contribution in [0.5, 0.6) is 0 Å². The molecule has 9 heteroatoms. The first kappa shape index (κ1) is 24.5. The van der Waals surface area contributed by atoms with Crippen LogP contribution in [-0.2, 0) is 11.2 Å². The van der Waals surface area contributed by atoms with Crippen LogP contribution in [0.3, 0.4) is 0 Å². The fraction of sp³-hybridized carbons (Fsp3) is 0.0385. The molecule has 0 aliphatic heterocycles. The van der Waals surface area contributed by atoms with E-state index in [0.717, 1.165) is 5.56 Å². The van der Waals surface area contributed by atoms with Crippen molar-refractivity contribution in [3.05, 3.63) is 106 Å². The maximum absolute atomic E-state index is 12.5. The summed E-state index contributed by atoms with van der Waals surface area (Å²) < 4.78 is 5.63. The molecule has 4 rings (SSSR count). The topological polar surface area (TPSA) is 83.4 Å². The van der Waals surface area contributed by atoms with Crippen LogP contribution in [-0.4, -0.2) is 16.9 Å². The van der Waals surface area contributed by atoms with Crippen LogP contribution in [0.2, 0.25) is 10.0 Å². The number of thiocarbonyl (C=S) groups is 1. The largest absolute Gasteiger partial charge is 0.451 e. The first-order valence-corrected chi connectivity index (χ1v) is 11.7. The molecule has 0 aliphatic rings. The fourth-order valence-corrected chi connectivity index (χ4v) is 3.83. The number of rotatable bonds is 6. The molecule has 2 amide bonds. The highest BCUT2D eigenvalue weighted by Crippen LogP contribution is 2.31. The number of nitrogens with one attached hydrogen (secondary N) is 3. The molecule has 35 heavy (non-hydrogen) atoms. The predicted molar refractivity (Wildman–Crippen MR) is 143 cm³/mol. The fourth-order valence-electron chi connectivity index (χ4n) is 3.24. The van der Waals surface area contributed by atoms with Crippen LogP contribution in [0.25, 0.3) is 11.3 Å². The molecule has 6 nitrogen and oxygen atoms in total. The molecule has 0 aliphatic carbocycles. The van der Waals surface area contributed by atoms with Gasteiger partial charge in [0.2, 0.25) is 5.91 Å². The number of furan rings is 1. The van der Waals surface area contributed by atoms with Crippen LogP contribution in [0.4, 0.5) is 11.4 Å². The second kappa shape index (κ2) is 11.2. The van der Waals surface area contributed by atoms with Gasteiger partial charge < -0.3 is 15.1 Å². The maximum Gasteiger partial charge on any atom is 0.293 e. The van der Waals surface area contributed by atoms with E-state index >= 15 is 0 Å². The zero-order chi connectivity index (χ0) is 24.8. The van der Waals surface area contributed by atoms with E-state index in [-0.39, 0.29) is 23.2 Å². The Morgan fingerprint density at radius 2 is 1.51 bits per heavy atom. The molecule has 0 spiro atoms. The molecule has 0 saturated carbocycles. The van der Waals surface area contributed by atoms with Crippen molar-refractivity contribution in [2.24, 2.45) is 0 Å². The molecule has 0 saturated heterocycles. The lowest BCUT2D eigenvalue weighted by Crippen LogP contribution is -2.33. The highest BCUT2D eigenvalue weighted by Gasteiger charge is 2.15. The number of hydrogen-bond acceptors (Lipinski definition) is 4. The number of carbonyl (C=O) groups excluding carboxylic acids is 2. The average Bonchev–Trinajstić information content (AvgIpc) is 3.33. The standard InChI is InChI=1S/C26H19Cl2N3O3S/c27-17-6-11-21(28)20(15-17)22-12-13-23(34-22)25(33)31-26(35)30-19-9-7-18(8-10-19)29-24(32)14-16-4-2-1-3-5-16/h1-13,15H,14H2,(H,29,32)(H2,30,31,33,35). The van der Waals surface area contributed by atoms with Crippen LogP contribution < -0.4 is 16.0 Å². The summed E-state index contributed by atoms with van der Waals surface area (Å²) in [6, 6.07) is 24.6. The molecule has 176 valence electrons. The third-order valence-electron chi connectivity index (χ3n) is 4.88. The van der Waals surface area contributed by atoms with Crippen molar-refractivity contribution in [1.82, 2.24) is 5.32 Å². The van der Waals surface area contributed by atoms with Gasteiger partial charge in [-0.25, -0.2) is 0 Å². The molecular weight excluding hydrogens is 505 g/mol. The summed E-state index contributed by atoms with van der Waals surface area (Å²) in [6.07, 6.45) is 0.287. The Balaban J connectivity index is 1.30. The molecule has 0 fully saturated rings. The number of amides is 2. The third-order valence-corrected chi connectivity index (χ3v) is 5.65. The van der Waals surface area contributed by atoms with E-state index in [1.54, 1.807) is 48.5 Å². The van der Waals surface area contributed by atoms with Crippen molar-refractivity contribution in [1.29, 1.82) is 0 Å². The van der Waals surface area contributed by atoms with E-state index in [2.05, 4.69) is 16.0 Å². The van der Waals surface area contributed by atoms with E-state index in [4.69, 9.17) is 39.8 Å². The lowest BCUT2D eigenvalue weighted by atomic mass is 10.1. The van der Waals surface area contributed by atoms with Gasteiger partial charge in [0.05, 0.1) is 11.4 Å². The summed E-state index contributed by atoms with van der Waals surface area (Å²) in [5.41, 5.74) is 2.80. The Bertz CT molecular complexity index is 1370. The quantitative estimate of drug-likeness (QED) is 0.249. The van der Waals surface area contributed by atoms with E-state index in [0.29, 0.717) is 32.7 Å². The lowest BCUT2D eigenvalue weighted by molar-refractivity contribution is -0.115. The minimum absolute atomic E-state index is 0.0664. The molecule has 4 aromatic rings. The van der Waals surface area contributed by atoms with E-state index < -0.39 is 5.91 Å². The second-order valence-electron chi connectivity index (χ2n) is 7.48. The van der Waals surface area contributed by atoms with Crippen molar-refractivity contribution in [3.8, 4) is 11.3 Å². The van der Waals surface area contributed by atoms with E-state index in [1.807, 2.05) is 30.3 Å². The van der Waals surface area contributed by atoms with Gasteiger partial charge in [-0.1, -0.05) is 53.5 Å². The Labute approximate surface area is 217 Å². The molecule has 3 aromatic carbocycles. The van der Waals surface area contributed by atoms with Crippen molar-refractivity contribution in [3.63, 3.8) is 0 Å². The van der Waals surface area contributed by atoms with Gasteiger partial charge in [0.25, 0.3) is 5.91 Å². The minimum atomic E-state index is -0.517. The van der Waals surface area contributed by atoms with Gasteiger partial charge in [-0.3, -0.25) is 14.9 Å². The highest BCUT2D eigenvalue weighted by atomic mass is 35.5. The Hall–Kier alpha value is -3.65. The van der Waals surface area contributed by atoms with Gasteiger partial charge in [-0.2, -0.15) is 0 Å². The van der Waals surface area contributed by atoms with Gasteiger partial charge in [0, 0.05) is 22.0 Å². The first-order chi connectivity index (χ1) is 16.9. The van der Waals surface area contributed by atoms with Crippen molar-refractivity contribution in [2.75, 3.05) is 10.6 Å². The highest BCUT2D eigenvalue weighted by molar-refractivity contribution is 7.80. The van der Waals surface area contributed by atoms with Crippen molar-refractivity contribution >= 4 is 63.7 Å². The van der Waals surface area contributed by atoms with Crippen molar-refractivity contribution < 1.29 is 14.0 Å². The van der Waals surface area contributed by atoms with Gasteiger partial charge in [-0.05, 0) is 72.4 Å². The normalized spacial score (nSPS) is 10.5. The van der Waals surface area contributed by atoms with Crippen LogP contribution in [0.15, 0.2) is 89.3 Å². The SMILES string of the molecule is O=C(Cc1ccccc1)Nc1ccc(NC(=S)NC(=O)c2ccc(-c3cc(Cl)ccc3Cl)o2)cc1. The zero-order valence-electron chi connectivity index (χ0n) is 18.2. The summed E-state index contributed by atoms with van der Waals surface area (Å²) in [6.45, 7) is 0. The van der Waals surface area contributed by atoms with Gasteiger partial charge in [-0.15, -0.1) is 0 Å². The van der Waals surface area contributed by atoms with Gasteiger partial charge >= 0.3 is 0 Å². The van der Waals surface area contributed by atoms with Crippen LogP contribution >= 0.6 is 35.4 Å². The summed E-state index contributed by atoms with van der Waals surface area (Å²) in [5, 5.41) is 9.38. The minimum Gasteiger partial charge on any atom is -0.451 e. The zero-order valence-corrected chi connectivity index (χ0v) is 20.5. The number of carbonyl (C=O) groups is 2. The number of halogens is 2. The Kier molecular flexibility index (Phi) is 7.82. The molecule has 0 atom stereocenters. The second-order valence-corrected chi connectivity index (χ2v) is 8.74. The molecule has 0 unspecified atom stereocenters. The lowest BCUT2D eigenvalue weighted by Gasteiger charge is -2.10. The molecule has 0 bridgehead atoms. The summed E-state index contributed by atoms with van der Waals surface area (Å²) in [5.74, 6) is -0.156. The molecular formula is C26H19Cl2N3O3S. The number of hydrogen-bond donors (Lipinski definition) is 3. The van der Waals surface area contributed by atoms with Gasteiger partial charge in [0.1, 0.15) is 5.76 Å². The smallest absolute Gasteiger partial charge is 0.293 e. The maximum atomic E-state index is 12.5. The van der Waals surface area contributed by atoms with Crippen LogP contribution in [0.1, 0.15) is 16.1 Å². The first-order valence-electron chi connectivity index (χ1n) is 10.5. The Morgan fingerprint density at radius 1 is 0.829 bits per heavy atom. The Morgan fingerprint density at radius 3 is 2.23 bits per heavy atom. The molecule has 3 N–H and O–H groups in total. The summed E-state index contributed by atoms with van der Waals surface area (Å²) >= 11 is 17.5. The summed E-state index contributed by atoms with van der Waals surface area (Å²) in [4.78, 5) is 24.7. The van der Waals surface area contributed by atoms with Gasteiger partial charge in [0.15, 0.2) is 10.9 Å². The van der Waals surface area contributed by atoms with Crippen LogP contribution in [0, 0.1) is 0 Å². The third kappa shape index (κ3) is 6.70. The predicted octanol–water partition coefficient (Wildman–Crippen LogP) is 6.56. The van der Waals surface area contributed by atoms with E-state index in [9.17, 15) is 9.59 Å². The average molecular weight is 524 g/mol. The van der Waals surface area contributed by atoms with E-state index in [1.165, 1.54) is 6.07 Å². The number of anilines is 2. The van der Waals surface area contributed by atoms with Crippen molar-refractivity contribution in [2.45, 2.75) is 6.42 Å². The molecule has 0 radical (unpaired) electrons. The molecule has 1 heterocycles. The monoisotopic (exact) mass is 523 g/mol. The molecule has 1 aromatic heterocycles.